The molecule has 7 heteroatoms. The number of ether oxygens (including phenoxy) is 2. The number of nitrogens with one attached hydrogen (secondary N) is 1. The molecule has 0 spiro atoms. The van der Waals surface area contributed by atoms with Gasteiger partial charge in [-0.1, -0.05) is 17.7 Å². The third-order valence-electron chi connectivity index (χ3n) is 2.80. The summed E-state index contributed by atoms with van der Waals surface area (Å²) in [5.41, 5.74) is -0.876. The molecule has 1 fully saturated rings. The quantitative estimate of drug-likeness (QED) is 0.925. The van der Waals surface area contributed by atoms with Gasteiger partial charge in [-0.2, -0.15) is 13.2 Å². The van der Waals surface area contributed by atoms with Crippen LogP contribution in [0.3, 0.4) is 0 Å². The highest BCUT2D eigenvalue weighted by atomic mass is 35.5. The van der Waals surface area contributed by atoms with Crippen LogP contribution in [0.2, 0.25) is 5.02 Å². The van der Waals surface area contributed by atoms with E-state index in [0.717, 1.165) is 6.07 Å². The molecule has 1 aliphatic rings. The van der Waals surface area contributed by atoms with Gasteiger partial charge >= 0.3 is 6.18 Å². The van der Waals surface area contributed by atoms with Crippen molar-refractivity contribution in [2.24, 2.45) is 0 Å². The number of rotatable bonds is 3. The van der Waals surface area contributed by atoms with Gasteiger partial charge in [-0.05, 0) is 18.6 Å². The van der Waals surface area contributed by atoms with Crippen LogP contribution in [0.5, 0.6) is 0 Å². The average Bonchev–Trinajstić information content (AvgIpc) is 2.37. The Morgan fingerprint density at radius 2 is 2.16 bits per heavy atom. The lowest BCUT2D eigenvalue weighted by Crippen LogP contribution is -2.30. The van der Waals surface area contributed by atoms with Gasteiger partial charge in [-0.25, -0.2) is 0 Å². The predicted octanol–water partition coefficient (Wildman–Crippen LogP) is 3.53. The molecule has 1 heterocycles. The molecule has 1 aliphatic heterocycles. The molecule has 0 amide bonds. The largest absolute Gasteiger partial charge is 0.418 e. The average molecular weight is 296 g/mol. The van der Waals surface area contributed by atoms with Gasteiger partial charge in [-0.3, -0.25) is 0 Å². The van der Waals surface area contributed by atoms with E-state index in [-0.39, 0.29) is 30.2 Å². The van der Waals surface area contributed by atoms with Crippen molar-refractivity contribution in [3.05, 3.63) is 28.8 Å². The van der Waals surface area contributed by atoms with Crippen LogP contribution in [0.25, 0.3) is 0 Å². The van der Waals surface area contributed by atoms with Crippen LogP contribution in [0.1, 0.15) is 12.0 Å². The van der Waals surface area contributed by atoms with E-state index >= 15 is 0 Å². The summed E-state index contributed by atoms with van der Waals surface area (Å²) in [6.45, 7) is 0.970. The molecule has 1 aromatic carbocycles. The minimum atomic E-state index is -4.44. The first kappa shape index (κ1) is 14.4. The predicted molar refractivity (Wildman–Crippen MR) is 65.3 cm³/mol. The Balaban J connectivity index is 2.10. The van der Waals surface area contributed by atoms with E-state index in [0.29, 0.717) is 13.0 Å². The van der Waals surface area contributed by atoms with Crippen molar-refractivity contribution in [3.63, 3.8) is 0 Å². The summed E-state index contributed by atoms with van der Waals surface area (Å²) in [6.07, 6.45) is -3.98. The van der Waals surface area contributed by atoms with Gasteiger partial charge in [0.05, 0.1) is 29.0 Å². The maximum absolute atomic E-state index is 12.8. The Hall–Kier alpha value is -0.980. The maximum Gasteiger partial charge on any atom is 0.418 e. The van der Waals surface area contributed by atoms with Gasteiger partial charge in [0, 0.05) is 6.54 Å². The van der Waals surface area contributed by atoms with Crippen molar-refractivity contribution < 1.29 is 22.6 Å². The Bertz CT molecular complexity index is 433. The monoisotopic (exact) mass is 295 g/mol. The van der Waals surface area contributed by atoms with E-state index < -0.39 is 11.7 Å². The van der Waals surface area contributed by atoms with Crippen LogP contribution in [0, 0.1) is 0 Å². The number of anilines is 1. The molecule has 19 heavy (non-hydrogen) atoms. The van der Waals surface area contributed by atoms with Gasteiger partial charge < -0.3 is 14.8 Å². The second kappa shape index (κ2) is 5.98. The molecule has 0 aliphatic carbocycles. The smallest absolute Gasteiger partial charge is 0.381 e. The minimum Gasteiger partial charge on any atom is -0.381 e. The van der Waals surface area contributed by atoms with Gasteiger partial charge in [-0.15, -0.1) is 0 Å². The van der Waals surface area contributed by atoms with Crippen LogP contribution < -0.4 is 5.32 Å². The summed E-state index contributed by atoms with van der Waals surface area (Å²) >= 11 is 5.83. The van der Waals surface area contributed by atoms with E-state index in [4.69, 9.17) is 21.1 Å². The zero-order valence-corrected chi connectivity index (χ0v) is 10.7. The normalized spacial score (nSPS) is 20.3. The van der Waals surface area contributed by atoms with Crippen molar-refractivity contribution in [3.8, 4) is 0 Å². The first-order chi connectivity index (χ1) is 8.98. The molecule has 0 radical (unpaired) electrons. The van der Waals surface area contributed by atoms with Crippen molar-refractivity contribution >= 4 is 17.3 Å². The maximum atomic E-state index is 12.8. The molecule has 1 unspecified atom stereocenters. The Morgan fingerprint density at radius 3 is 2.79 bits per heavy atom. The standard InChI is InChI=1S/C12H13ClF3NO2/c13-10-3-1-2-9(12(14,15)16)11(10)17-6-8-4-5-18-7-19-8/h1-3,8,17H,4-7H2. The van der Waals surface area contributed by atoms with Crippen molar-refractivity contribution in [2.45, 2.75) is 18.7 Å². The van der Waals surface area contributed by atoms with E-state index in [1.54, 1.807) is 0 Å². The summed E-state index contributed by atoms with van der Waals surface area (Å²) in [5, 5.41) is 2.77. The fourth-order valence-corrected chi connectivity index (χ4v) is 2.06. The van der Waals surface area contributed by atoms with Crippen LogP contribution in [-0.4, -0.2) is 26.0 Å². The summed E-state index contributed by atoms with van der Waals surface area (Å²) in [5.74, 6) is 0. The van der Waals surface area contributed by atoms with Crippen LogP contribution in [0.15, 0.2) is 18.2 Å². The number of hydrogen-bond donors (Lipinski definition) is 1. The van der Waals surface area contributed by atoms with Crippen LogP contribution >= 0.6 is 11.6 Å². The number of halogens is 4. The SMILES string of the molecule is FC(F)(F)c1cccc(Cl)c1NCC1CCOCO1. The molecular weight excluding hydrogens is 283 g/mol. The number of benzene rings is 1. The summed E-state index contributed by atoms with van der Waals surface area (Å²) < 4.78 is 48.8. The number of hydrogen-bond acceptors (Lipinski definition) is 3. The second-order valence-corrected chi connectivity index (χ2v) is 4.55. The van der Waals surface area contributed by atoms with E-state index in [2.05, 4.69) is 5.32 Å². The van der Waals surface area contributed by atoms with Gasteiger partial charge in [0.2, 0.25) is 0 Å². The highest BCUT2D eigenvalue weighted by Crippen LogP contribution is 2.38. The molecular formula is C12H13ClF3NO2. The Morgan fingerprint density at radius 1 is 1.37 bits per heavy atom. The summed E-state index contributed by atoms with van der Waals surface area (Å²) in [6, 6.07) is 3.70. The zero-order chi connectivity index (χ0) is 13.9. The lowest BCUT2D eigenvalue weighted by Gasteiger charge is -2.24. The first-order valence-electron chi connectivity index (χ1n) is 5.77. The molecule has 106 valence electrons. The third-order valence-corrected chi connectivity index (χ3v) is 3.11. The fourth-order valence-electron chi connectivity index (χ4n) is 1.82. The lowest BCUT2D eigenvalue weighted by atomic mass is 10.1. The third kappa shape index (κ3) is 3.75. The summed E-state index contributed by atoms with van der Waals surface area (Å²) in [7, 11) is 0. The van der Waals surface area contributed by atoms with Crippen LogP contribution in [-0.2, 0) is 15.7 Å². The van der Waals surface area contributed by atoms with Gasteiger partial charge in [0.1, 0.15) is 6.79 Å². The molecule has 2 rings (SSSR count). The number of para-hydroxylation sites is 1. The fraction of sp³-hybridized carbons (Fsp3) is 0.500. The molecule has 1 atom stereocenters. The number of alkyl halides is 3. The van der Waals surface area contributed by atoms with Crippen molar-refractivity contribution in [2.75, 3.05) is 25.3 Å². The molecule has 1 saturated heterocycles. The Labute approximate surface area is 113 Å². The molecule has 1 aromatic rings. The molecule has 0 saturated carbocycles. The molecule has 1 N–H and O–H groups in total. The van der Waals surface area contributed by atoms with E-state index in [9.17, 15) is 13.2 Å². The topological polar surface area (TPSA) is 30.5 Å². The zero-order valence-electron chi connectivity index (χ0n) is 9.97. The van der Waals surface area contributed by atoms with Crippen LogP contribution in [0.4, 0.5) is 18.9 Å². The highest BCUT2D eigenvalue weighted by molar-refractivity contribution is 6.33. The Kier molecular flexibility index (Phi) is 4.54. The van der Waals surface area contributed by atoms with Gasteiger partial charge in [0.25, 0.3) is 0 Å². The van der Waals surface area contributed by atoms with E-state index in [1.165, 1.54) is 12.1 Å². The van der Waals surface area contributed by atoms with Crippen molar-refractivity contribution in [1.29, 1.82) is 0 Å². The first-order valence-corrected chi connectivity index (χ1v) is 6.15. The molecule has 0 aromatic heterocycles. The summed E-state index contributed by atoms with van der Waals surface area (Å²) in [4.78, 5) is 0. The molecule has 3 nitrogen and oxygen atoms in total. The van der Waals surface area contributed by atoms with Crippen molar-refractivity contribution in [1.82, 2.24) is 0 Å². The minimum absolute atomic E-state index is 0.0434. The van der Waals surface area contributed by atoms with E-state index in [1.807, 2.05) is 0 Å². The van der Waals surface area contributed by atoms with Gasteiger partial charge in [0.15, 0.2) is 0 Å². The highest BCUT2D eigenvalue weighted by Gasteiger charge is 2.34. The second-order valence-electron chi connectivity index (χ2n) is 4.14. The molecule has 0 bridgehead atoms. The lowest BCUT2D eigenvalue weighted by molar-refractivity contribution is -0.137.